The van der Waals surface area contributed by atoms with Gasteiger partial charge in [-0.3, -0.25) is 4.79 Å². The summed E-state index contributed by atoms with van der Waals surface area (Å²) in [5.74, 6) is -0.376. The molecule has 3 nitrogen and oxygen atoms in total. The molecule has 1 fully saturated rings. The molecule has 0 bridgehead atoms. The first-order valence-electron chi connectivity index (χ1n) is 5.76. The van der Waals surface area contributed by atoms with Gasteiger partial charge in [0.2, 0.25) is 5.91 Å². The van der Waals surface area contributed by atoms with Crippen LogP contribution in [-0.2, 0) is 10.2 Å². The molecule has 17 heavy (non-hydrogen) atoms. The van der Waals surface area contributed by atoms with E-state index in [4.69, 9.17) is 5.11 Å². The highest BCUT2D eigenvalue weighted by molar-refractivity contribution is 5.91. The average Bonchev–Trinajstić information content (AvgIpc) is 3.11. The lowest BCUT2D eigenvalue weighted by Crippen LogP contribution is -2.41. The summed E-state index contributed by atoms with van der Waals surface area (Å²) in [5, 5.41) is 11.7. The summed E-state index contributed by atoms with van der Waals surface area (Å²) in [6.45, 7) is 1.67. The normalized spacial score (nSPS) is 18.5. The van der Waals surface area contributed by atoms with Gasteiger partial charge < -0.3 is 10.4 Å². The first kappa shape index (κ1) is 12.0. The van der Waals surface area contributed by atoms with Gasteiger partial charge in [-0.05, 0) is 37.5 Å². The standard InChI is InChI=1S/C13H16FNO2/c1-9(8-16)15-12(17)13(6-7-13)10-2-4-11(14)5-3-10/h2-5,9,16H,6-8H2,1H3,(H,15,17). The number of rotatable bonds is 4. The van der Waals surface area contributed by atoms with Gasteiger partial charge in [-0.2, -0.15) is 0 Å². The summed E-state index contributed by atoms with van der Waals surface area (Å²) in [6.07, 6.45) is 1.56. The van der Waals surface area contributed by atoms with Crippen molar-refractivity contribution in [3.63, 3.8) is 0 Å². The van der Waals surface area contributed by atoms with Crippen LogP contribution in [-0.4, -0.2) is 23.7 Å². The molecule has 2 N–H and O–H groups in total. The average molecular weight is 237 g/mol. The lowest BCUT2D eigenvalue weighted by Gasteiger charge is -2.18. The van der Waals surface area contributed by atoms with Crippen LogP contribution in [0.15, 0.2) is 24.3 Å². The molecule has 0 saturated heterocycles. The van der Waals surface area contributed by atoms with Crippen LogP contribution in [0.25, 0.3) is 0 Å². The number of hydrogen-bond donors (Lipinski definition) is 2. The number of aliphatic hydroxyl groups excluding tert-OH is 1. The molecule has 1 saturated carbocycles. The highest BCUT2D eigenvalue weighted by Gasteiger charge is 2.51. The van der Waals surface area contributed by atoms with Crippen LogP contribution in [0.5, 0.6) is 0 Å². The summed E-state index contributed by atoms with van der Waals surface area (Å²) in [5.41, 5.74) is 0.346. The third-order valence-electron chi connectivity index (χ3n) is 3.23. The van der Waals surface area contributed by atoms with Gasteiger partial charge in [-0.15, -0.1) is 0 Å². The summed E-state index contributed by atoms with van der Waals surface area (Å²) in [6, 6.07) is 5.81. The molecule has 2 rings (SSSR count). The fourth-order valence-electron chi connectivity index (χ4n) is 1.95. The Morgan fingerprint density at radius 2 is 2.06 bits per heavy atom. The van der Waals surface area contributed by atoms with Crippen molar-refractivity contribution in [3.05, 3.63) is 35.6 Å². The number of nitrogens with one attached hydrogen (secondary N) is 1. The molecule has 4 heteroatoms. The molecule has 1 aliphatic carbocycles. The van der Waals surface area contributed by atoms with Crippen molar-refractivity contribution >= 4 is 5.91 Å². The molecule has 1 amide bonds. The van der Waals surface area contributed by atoms with Crippen molar-refractivity contribution < 1.29 is 14.3 Å². The maximum absolute atomic E-state index is 12.8. The molecule has 92 valence electrons. The Hall–Kier alpha value is -1.42. The number of aliphatic hydroxyl groups is 1. The Kier molecular flexibility index (Phi) is 3.15. The van der Waals surface area contributed by atoms with E-state index in [1.54, 1.807) is 19.1 Å². The fourth-order valence-corrected chi connectivity index (χ4v) is 1.95. The van der Waals surface area contributed by atoms with Crippen molar-refractivity contribution in [2.75, 3.05) is 6.61 Å². The summed E-state index contributed by atoms with van der Waals surface area (Å²) in [7, 11) is 0. The predicted octanol–water partition coefficient (Wildman–Crippen LogP) is 1.35. The molecule has 1 unspecified atom stereocenters. The lowest BCUT2D eigenvalue weighted by molar-refractivity contribution is -0.124. The van der Waals surface area contributed by atoms with E-state index in [-0.39, 0.29) is 24.4 Å². The second-order valence-corrected chi connectivity index (χ2v) is 4.65. The van der Waals surface area contributed by atoms with Crippen molar-refractivity contribution in [1.82, 2.24) is 5.32 Å². The molecule has 0 aromatic heterocycles. The van der Waals surface area contributed by atoms with Gasteiger partial charge in [0.15, 0.2) is 0 Å². The van der Waals surface area contributed by atoms with Crippen molar-refractivity contribution in [2.24, 2.45) is 0 Å². The Labute approximate surface area is 99.7 Å². The van der Waals surface area contributed by atoms with Crippen LogP contribution >= 0.6 is 0 Å². The molecular formula is C13H16FNO2. The van der Waals surface area contributed by atoms with Gasteiger partial charge in [0.05, 0.1) is 12.0 Å². The first-order valence-corrected chi connectivity index (χ1v) is 5.76. The molecule has 1 aromatic rings. The van der Waals surface area contributed by atoms with Crippen LogP contribution < -0.4 is 5.32 Å². The van der Waals surface area contributed by atoms with Crippen LogP contribution in [0.4, 0.5) is 4.39 Å². The smallest absolute Gasteiger partial charge is 0.230 e. The Bertz CT molecular complexity index is 412. The Balaban J connectivity index is 2.14. The highest BCUT2D eigenvalue weighted by atomic mass is 19.1. The van der Waals surface area contributed by atoms with E-state index in [1.807, 2.05) is 0 Å². The second-order valence-electron chi connectivity index (χ2n) is 4.65. The van der Waals surface area contributed by atoms with E-state index in [1.165, 1.54) is 12.1 Å². The van der Waals surface area contributed by atoms with Crippen LogP contribution in [0, 0.1) is 5.82 Å². The summed E-state index contributed by atoms with van der Waals surface area (Å²) >= 11 is 0. The summed E-state index contributed by atoms with van der Waals surface area (Å²) in [4.78, 5) is 12.1. The highest BCUT2D eigenvalue weighted by Crippen LogP contribution is 2.48. The third kappa shape index (κ3) is 2.31. The minimum Gasteiger partial charge on any atom is -0.394 e. The van der Waals surface area contributed by atoms with Gasteiger partial charge in [0, 0.05) is 6.04 Å². The van der Waals surface area contributed by atoms with Gasteiger partial charge in [0.25, 0.3) is 0 Å². The third-order valence-corrected chi connectivity index (χ3v) is 3.23. The molecule has 0 spiro atoms. The maximum atomic E-state index is 12.8. The zero-order valence-electron chi connectivity index (χ0n) is 9.74. The number of carbonyl (C=O) groups is 1. The van der Waals surface area contributed by atoms with Crippen molar-refractivity contribution in [3.8, 4) is 0 Å². The second kappa shape index (κ2) is 4.45. The van der Waals surface area contributed by atoms with Gasteiger partial charge >= 0.3 is 0 Å². The monoisotopic (exact) mass is 237 g/mol. The van der Waals surface area contributed by atoms with Gasteiger partial charge in [0.1, 0.15) is 5.82 Å². The van der Waals surface area contributed by atoms with Crippen molar-refractivity contribution in [1.29, 1.82) is 0 Å². The number of hydrogen-bond acceptors (Lipinski definition) is 2. The first-order chi connectivity index (χ1) is 8.08. The zero-order valence-corrected chi connectivity index (χ0v) is 9.74. The predicted molar refractivity (Wildman–Crippen MR) is 62.0 cm³/mol. The summed E-state index contributed by atoms with van der Waals surface area (Å²) < 4.78 is 12.8. The van der Waals surface area contributed by atoms with E-state index in [0.717, 1.165) is 18.4 Å². The molecule has 1 atom stereocenters. The molecule has 0 aliphatic heterocycles. The SMILES string of the molecule is CC(CO)NC(=O)C1(c2ccc(F)cc2)CC1. The van der Waals surface area contributed by atoms with E-state index < -0.39 is 5.41 Å². The van der Waals surface area contributed by atoms with Crippen LogP contribution in [0.3, 0.4) is 0 Å². The van der Waals surface area contributed by atoms with Gasteiger partial charge in [-0.1, -0.05) is 12.1 Å². The van der Waals surface area contributed by atoms with Crippen LogP contribution in [0.1, 0.15) is 25.3 Å². The van der Waals surface area contributed by atoms with E-state index in [9.17, 15) is 9.18 Å². The quantitative estimate of drug-likeness (QED) is 0.830. The van der Waals surface area contributed by atoms with E-state index in [0.29, 0.717) is 0 Å². The molecule has 0 heterocycles. The number of amides is 1. The van der Waals surface area contributed by atoms with E-state index in [2.05, 4.69) is 5.32 Å². The molecule has 0 radical (unpaired) electrons. The Morgan fingerprint density at radius 3 is 2.53 bits per heavy atom. The van der Waals surface area contributed by atoms with Crippen molar-refractivity contribution in [2.45, 2.75) is 31.2 Å². The van der Waals surface area contributed by atoms with E-state index >= 15 is 0 Å². The number of benzene rings is 1. The largest absolute Gasteiger partial charge is 0.394 e. The zero-order chi connectivity index (χ0) is 12.5. The molecule has 1 aliphatic rings. The fraction of sp³-hybridized carbons (Fsp3) is 0.462. The minimum atomic E-state index is -0.503. The molecule has 1 aromatic carbocycles. The Morgan fingerprint density at radius 1 is 1.47 bits per heavy atom. The number of halogens is 1. The topological polar surface area (TPSA) is 49.3 Å². The van der Waals surface area contributed by atoms with Crippen LogP contribution in [0.2, 0.25) is 0 Å². The maximum Gasteiger partial charge on any atom is 0.230 e. The minimum absolute atomic E-state index is 0.0781. The lowest BCUT2D eigenvalue weighted by atomic mass is 9.94. The van der Waals surface area contributed by atoms with Gasteiger partial charge in [-0.25, -0.2) is 4.39 Å². The number of carbonyl (C=O) groups excluding carboxylic acids is 1. The molecular weight excluding hydrogens is 221 g/mol.